The number of piperidine rings is 1. The zero-order chi connectivity index (χ0) is 17.5. The number of hydrogen-bond acceptors (Lipinski definition) is 5. The minimum Gasteiger partial charge on any atom is -0.349 e. The summed E-state index contributed by atoms with van der Waals surface area (Å²) in [5.41, 5.74) is 1.77. The SMILES string of the molecule is O=C(NC1CCCC1)c1ccc2nc(N3CCCC4NCCC43)sc2c1. The highest BCUT2D eigenvalue weighted by Crippen LogP contribution is 2.35. The zero-order valence-electron chi connectivity index (χ0n) is 15.0. The first-order valence-corrected chi connectivity index (χ1v) is 10.8. The van der Waals surface area contributed by atoms with E-state index in [0.29, 0.717) is 18.1 Å². The number of nitrogens with one attached hydrogen (secondary N) is 2. The van der Waals surface area contributed by atoms with Crippen molar-refractivity contribution in [3.8, 4) is 0 Å². The lowest BCUT2D eigenvalue weighted by atomic mass is 9.98. The maximum absolute atomic E-state index is 12.6. The quantitative estimate of drug-likeness (QED) is 0.870. The molecule has 1 amide bonds. The lowest BCUT2D eigenvalue weighted by molar-refractivity contribution is 0.0938. The minimum atomic E-state index is 0.0618. The number of carbonyl (C=O) groups is 1. The molecule has 138 valence electrons. The number of thiazole rings is 1. The first-order chi connectivity index (χ1) is 12.8. The van der Waals surface area contributed by atoms with Crippen molar-refractivity contribution in [3.05, 3.63) is 23.8 Å². The van der Waals surface area contributed by atoms with Crippen LogP contribution in [0.2, 0.25) is 0 Å². The smallest absolute Gasteiger partial charge is 0.251 e. The summed E-state index contributed by atoms with van der Waals surface area (Å²) in [6.07, 6.45) is 8.39. The summed E-state index contributed by atoms with van der Waals surface area (Å²) in [5.74, 6) is 0.0618. The lowest BCUT2D eigenvalue weighted by Gasteiger charge is -2.37. The third kappa shape index (κ3) is 2.99. The molecule has 3 aliphatic rings. The van der Waals surface area contributed by atoms with Crippen LogP contribution >= 0.6 is 11.3 Å². The number of rotatable bonds is 3. The van der Waals surface area contributed by atoms with Gasteiger partial charge in [-0.25, -0.2) is 4.98 Å². The van der Waals surface area contributed by atoms with Crippen molar-refractivity contribution in [2.75, 3.05) is 18.0 Å². The summed E-state index contributed by atoms with van der Waals surface area (Å²) in [4.78, 5) is 19.9. The molecule has 5 rings (SSSR count). The monoisotopic (exact) mass is 370 g/mol. The van der Waals surface area contributed by atoms with Crippen LogP contribution in [-0.2, 0) is 0 Å². The Balaban J connectivity index is 1.38. The molecule has 2 aromatic rings. The summed E-state index contributed by atoms with van der Waals surface area (Å²) in [7, 11) is 0. The molecule has 6 heteroatoms. The van der Waals surface area contributed by atoms with Gasteiger partial charge in [0.05, 0.1) is 10.2 Å². The van der Waals surface area contributed by atoms with E-state index >= 15 is 0 Å². The van der Waals surface area contributed by atoms with E-state index in [2.05, 4.69) is 15.5 Å². The molecule has 0 radical (unpaired) electrons. The lowest BCUT2D eigenvalue weighted by Crippen LogP contribution is -2.48. The van der Waals surface area contributed by atoms with Gasteiger partial charge in [0.25, 0.3) is 5.91 Å². The second-order valence-electron chi connectivity index (χ2n) is 7.89. The second-order valence-corrected chi connectivity index (χ2v) is 8.90. The Hall–Kier alpha value is -1.66. The molecule has 2 aliphatic heterocycles. The largest absolute Gasteiger partial charge is 0.349 e. The molecule has 1 saturated carbocycles. The molecule has 1 aromatic heterocycles. The fourth-order valence-electron chi connectivity index (χ4n) is 4.82. The van der Waals surface area contributed by atoms with Crippen LogP contribution in [0.5, 0.6) is 0 Å². The van der Waals surface area contributed by atoms with E-state index in [0.717, 1.165) is 46.8 Å². The molecule has 3 fully saturated rings. The van der Waals surface area contributed by atoms with Gasteiger partial charge in [0.2, 0.25) is 0 Å². The van der Waals surface area contributed by atoms with E-state index in [9.17, 15) is 4.79 Å². The van der Waals surface area contributed by atoms with E-state index < -0.39 is 0 Å². The van der Waals surface area contributed by atoms with Gasteiger partial charge in [-0.15, -0.1) is 0 Å². The summed E-state index contributed by atoms with van der Waals surface area (Å²) in [6, 6.07) is 7.50. The van der Waals surface area contributed by atoms with E-state index in [1.807, 2.05) is 18.2 Å². The van der Waals surface area contributed by atoms with Gasteiger partial charge >= 0.3 is 0 Å². The van der Waals surface area contributed by atoms with Gasteiger partial charge in [-0.1, -0.05) is 24.2 Å². The van der Waals surface area contributed by atoms with Crippen LogP contribution in [0, 0.1) is 0 Å². The Labute approximate surface area is 158 Å². The number of nitrogens with zero attached hydrogens (tertiary/aromatic N) is 2. The second kappa shape index (κ2) is 6.82. The van der Waals surface area contributed by atoms with E-state index in [4.69, 9.17) is 4.98 Å². The summed E-state index contributed by atoms with van der Waals surface area (Å²) >= 11 is 1.73. The molecule has 2 atom stereocenters. The minimum absolute atomic E-state index is 0.0618. The predicted octanol–water partition coefficient (Wildman–Crippen LogP) is 3.30. The Kier molecular flexibility index (Phi) is 4.33. The Morgan fingerprint density at radius 3 is 2.96 bits per heavy atom. The number of fused-ring (bicyclic) bond motifs is 2. The van der Waals surface area contributed by atoms with Crippen LogP contribution in [-0.4, -0.2) is 42.1 Å². The fourth-order valence-corrected chi connectivity index (χ4v) is 5.91. The van der Waals surface area contributed by atoms with E-state index in [-0.39, 0.29) is 5.91 Å². The third-order valence-electron chi connectivity index (χ3n) is 6.20. The van der Waals surface area contributed by atoms with Crippen LogP contribution in [0.4, 0.5) is 5.13 Å². The van der Waals surface area contributed by atoms with E-state index in [1.165, 1.54) is 32.1 Å². The molecular formula is C20H26N4OS. The van der Waals surface area contributed by atoms with Crippen molar-refractivity contribution in [2.24, 2.45) is 0 Å². The molecule has 0 spiro atoms. The average Bonchev–Trinajstić information content (AvgIpc) is 3.40. The van der Waals surface area contributed by atoms with Gasteiger partial charge < -0.3 is 15.5 Å². The van der Waals surface area contributed by atoms with Crippen molar-refractivity contribution < 1.29 is 4.79 Å². The van der Waals surface area contributed by atoms with Crippen LogP contribution in [0.3, 0.4) is 0 Å². The number of benzene rings is 1. The van der Waals surface area contributed by atoms with Crippen LogP contribution in [0.1, 0.15) is 55.3 Å². The highest BCUT2D eigenvalue weighted by atomic mass is 32.1. The first kappa shape index (κ1) is 16.5. The normalized spacial score (nSPS) is 26.4. The highest BCUT2D eigenvalue weighted by Gasteiger charge is 2.36. The Morgan fingerprint density at radius 2 is 2.08 bits per heavy atom. The number of hydrogen-bond donors (Lipinski definition) is 2. The Bertz CT molecular complexity index is 813. The Morgan fingerprint density at radius 1 is 1.19 bits per heavy atom. The molecule has 1 aromatic carbocycles. The maximum Gasteiger partial charge on any atom is 0.251 e. The van der Waals surface area contributed by atoms with Gasteiger partial charge in [0.1, 0.15) is 0 Å². The molecule has 2 N–H and O–H groups in total. The standard InChI is InChI=1S/C20H26N4OS/c25-19(22-14-4-1-2-5-14)13-7-8-16-18(12-13)26-20(23-16)24-11-3-6-15-17(24)9-10-21-15/h7-8,12,14-15,17,21H,1-6,9-11H2,(H,22,25). The van der Waals surface area contributed by atoms with Crippen molar-refractivity contribution in [2.45, 2.75) is 63.1 Å². The molecule has 2 unspecified atom stereocenters. The van der Waals surface area contributed by atoms with Gasteiger partial charge in [-0.3, -0.25) is 4.79 Å². The maximum atomic E-state index is 12.6. The number of anilines is 1. The van der Waals surface area contributed by atoms with Crippen LogP contribution < -0.4 is 15.5 Å². The topological polar surface area (TPSA) is 57.3 Å². The van der Waals surface area contributed by atoms with Crippen molar-refractivity contribution in [3.63, 3.8) is 0 Å². The first-order valence-electron chi connectivity index (χ1n) is 9.99. The molecule has 0 bridgehead atoms. The average molecular weight is 371 g/mol. The predicted molar refractivity (Wildman–Crippen MR) is 106 cm³/mol. The molecule has 2 saturated heterocycles. The molecular weight excluding hydrogens is 344 g/mol. The highest BCUT2D eigenvalue weighted by molar-refractivity contribution is 7.22. The van der Waals surface area contributed by atoms with Crippen molar-refractivity contribution in [1.29, 1.82) is 0 Å². The summed E-state index contributed by atoms with van der Waals surface area (Å²) in [5, 5.41) is 7.94. The molecule has 3 heterocycles. The van der Waals surface area contributed by atoms with Gasteiger partial charge in [0, 0.05) is 30.2 Å². The van der Waals surface area contributed by atoms with Crippen molar-refractivity contribution in [1.82, 2.24) is 15.6 Å². The van der Waals surface area contributed by atoms with Gasteiger partial charge in [-0.2, -0.15) is 0 Å². The van der Waals surface area contributed by atoms with Gasteiger partial charge in [0.15, 0.2) is 5.13 Å². The molecule has 5 nitrogen and oxygen atoms in total. The number of aromatic nitrogens is 1. The van der Waals surface area contributed by atoms with Gasteiger partial charge in [-0.05, 0) is 56.8 Å². The van der Waals surface area contributed by atoms with Crippen molar-refractivity contribution >= 4 is 32.6 Å². The third-order valence-corrected chi connectivity index (χ3v) is 7.26. The molecule has 1 aliphatic carbocycles. The zero-order valence-corrected chi connectivity index (χ0v) is 15.9. The summed E-state index contributed by atoms with van der Waals surface area (Å²) < 4.78 is 1.12. The number of carbonyl (C=O) groups excluding carboxylic acids is 1. The molecule has 26 heavy (non-hydrogen) atoms. The summed E-state index contributed by atoms with van der Waals surface area (Å²) in [6.45, 7) is 2.21. The van der Waals surface area contributed by atoms with Crippen LogP contribution in [0.15, 0.2) is 18.2 Å². The fraction of sp³-hybridized carbons (Fsp3) is 0.600. The number of amides is 1. The van der Waals surface area contributed by atoms with Crippen LogP contribution in [0.25, 0.3) is 10.2 Å². The van der Waals surface area contributed by atoms with E-state index in [1.54, 1.807) is 11.3 Å².